The fourth-order valence-electron chi connectivity index (χ4n) is 14.8. The Kier molecular flexibility index (Phi) is 10.3. The maximum absolute atomic E-state index is 2.55. The van der Waals surface area contributed by atoms with Crippen molar-refractivity contribution in [3.05, 3.63) is 324 Å². The van der Waals surface area contributed by atoms with Gasteiger partial charge < -0.3 is 9.80 Å². The smallest absolute Gasteiger partial charge is 0.0727 e. The van der Waals surface area contributed by atoms with Crippen molar-refractivity contribution in [3.63, 3.8) is 0 Å². The van der Waals surface area contributed by atoms with Crippen LogP contribution in [0, 0.1) is 0 Å². The molecule has 384 valence electrons. The molecule has 16 rings (SSSR count). The molecule has 4 aliphatic carbocycles. The van der Waals surface area contributed by atoms with Gasteiger partial charge in [-0.1, -0.05) is 234 Å². The minimum Gasteiger partial charge on any atom is -0.310 e. The van der Waals surface area contributed by atoms with E-state index in [1.165, 1.54) is 111 Å². The van der Waals surface area contributed by atoms with E-state index in [1.807, 2.05) is 0 Å². The number of anilines is 6. The number of hydrogen-bond acceptors (Lipinski definition) is 2. The molecule has 4 aliphatic rings. The molecule has 0 saturated heterocycles. The van der Waals surface area contributed by atoms with Crippen LogP contribution in [0.25, 0.3) is 66.8 Å². The van der Waals surface area contributed by atoms with Gasteiger partial charge in [0.25, 0.3) is 0 Å². The maximum Gasteiger partial charge on any atom is 0.0727 e. The number of fused-ring (bicyclic) bond motifs is 16. The van der Waals surface area contributed by atoms with Gasteiger partial charge in [0, 0.05) is 45.0 Å². The largest absolute Gasteiger partial charge is 0.310 e. The van der Waals surface area contributed by atoms with E-state index in [0.29, 0.717) is 0 Å². The fraction of sp³-hybridized carbons (Fsp3) is 0.0886. The average molecular weight is 1040 g/mol. The monoisotopic (exact) mass is 1030 g/mol. The van der Waals surface area contributed by atoms with Crippen LogP contribution in [0.5, 0.6) is 0 Å². The zero-order chi connectivity index (χ0) is 54.2. The van der Waals surface area contributed by atoms with Gasteiger partial charge in [-0.2, -0.15) is 0 Å². The first kappa shape index (κ1) is 47.3. The van der Waals surface area contributed by atoms with Crippen LogP contribution < -0.4 is 9.80 Å². The highest BCUT2D eigenvalue weighted by molar-refractivity contribution is 5.98. The number of benzene rings is 12. The molecule has 0 N–H and O–H groups in total. The fourth-order valence-corrected chi connectivity index (χ4v) is 14.8. The van der Waals surface area contributed by atoms with Crippen LogP contribution in [0.1, 0.15) is 72.2 Å². The molecule has 81 heavy (non-hydrogen) atoms. The summed E-state index contributed by atoms with van der Waals surface area (Å²) in [5, 5.41) is 0. The Morgan fingerprint density at radius 2 is 0.444 bits per heavy atom. The van der Waals surface area contributed by atoms with Gasteiger partial charge >= 0.3 is 0 Å². The van der Waals surface area contributed by atoms with E-state index < -0.39 is 5.41 Å². The molecule has 12 aromatic rings. The lowest BCUT2D eigenvalue weighted by molar-refractivity contribution is 0.660. The molecule has 0 atom stereocenters. The van der Waals surface area contributed by atoms with Crippen LogP contribution in [-0.2, 0) is 16.2 Å². The van der Waals surface area contributed by atoms with Gasteiger partial charge in [0.2, 0.25) is 0 Å². The highest BCUT2D eigenvalue weighted by Gasteiger charge is 2.52. The Morgan fingerprint density at radius 3 is 0.815 bits per heavy atom. The van der Waals surface area contributed by atoms with E-state index >= 15 is 0 Å². The van der Waals surface area contributed by atoms with E-state index in [4.69, 9.17) is 0 Å². The van der Waals surface area contributed by atoms with Gasteiger partial charge in [-0.05, 0) is 184 Å². The van der Waals surface area contributed by atoms with E-state index in [9.17, 15) is 0 Å². The molecule has 2 nitrogen and oxygen atoms in total. The zero-order valence-corrected chi connectivity index (χ0v) is 46.0. The Hall–Kier alpha value is -9.76. The second-order valence-corrected chi connectivity index (χ2v) is 23.6. The third kappa shape index (κ3) is 6.87. The molecule has 0 aromatic heterocycles. The van der Waals surface area contributed by atoms with E-state index in [-0.39, 0.29) is 10.8 Å². The van der Waals surface area contributed by atoms with Crippen LogP contribution in [0.3, 0.4) is 0 Å². The van der Waals surface area contributed by atoms with Gasteiger partial charge in [0.15, 0.2) is 0 Å². The Labute approximate surface area is 475 Å². The van der Waals surface area contributed by atoms with Crippen molar-refractivity contribution in [2.75, 3.05) is 9.80 Å². The minimum atomic E-state index is -0.626. The highest BCUT2D eigenvalue weighted by atomic mass is 15.1. The first-order valence-corrected chi connectivity index (χ1v) is 28.6. The normalized spacial score (nSPS) is 14.5. The van der Waals surface area contributed by atoms with Crippen LogP contribution in [0.15, 0.2) is 279 Å². The van der Waals surface area contributed by atoms with Crippen molar-refractivity contribution in [2.45, 2.75) is 43.9 Å². The molecule has 0 radical (unpaired) electrons. The van der Waals surface area contributed by atoms with Gasteiger partial charge in [0.1, 0.15) is 0 Å². The summed E-state index contributed by atoms with van der Waals surface area (Å²) in [7, 11) is 0. The molecular weight excluding hydrogens is 977 g/mol. The van der Waals surface area contributed by atoms with E-state index in [2.05, 4.69) is 317 Å². The van der Waals surface area contributed by atoms with E-state index in [1.54, 1.807) is 0 Å². The van der Waals surface area contributed by atoms with Crippen LogP contribution >= 0.6 is 0 Å². The van der Waals surface area contributed by atoms with Crippen LogP contribution in [-0.4, -0.2) is 0 Å². The van der Waals surface area contributed by atoms with Crippen molar-refractivity contribution in [3.8, 4) is 66.8 Å². The third-order valence-corrected chi connectivity index (χ3v) is 18.7. The SMILES string of the molecule is CC1(C)c2ccccc2-c2ccc(N(c3ccc4c(c3)C(C)(C)c3ccccc3-4)c3ccc4c(c3)C3(c5ccccc5-c5ccccc53)c3cc(N(c5ccc(-c6ccccc6)cc5)c5ccc(-c6ccccc6)cc5)ccc3-4)cc21. The summed E-state index contributed by atoms with van der Waals surface area (Å²) < 4.78 is 0. The summed E-state index contributed by atoms with van der Waals surface area (Å²) >= 11 is 0. The lowest BCUT2D eigenvalue weighted by atomic mass is 9.70. The standard InChI is InChI=1S/C79H58N2/c1-77(2)69-27-15-11-23-61(69)65-43-39-57(47-73(65)77)81(58-40-44-66-62-24-12-16-28-70(62)78(3,4)74(66)48-58)60-42-46-68-67-45-41-59(49-75(67)79(76(68)50-60)71-29-17-13-25-63(71)64-26-14-18-30-72(64)79)80(55-35-31-53(32-36-55)51-19-7-5-8-20-51)56-37-33-54(34-38-56)52-21-9-6-10-22-52/h5-50H,1-4H3. The maximum atomic E-state index is 2.55. The van der Waals surface area contributed by atoms with Crippen molar-refractivity contribution >= 4 is 34.1 Å². The summed E-state index contributed by atoms with van der Waals surface area (Å²) in [5.41, 5.74) is 31.6. The van der Waals surface area contributed by atoms with Gasteiger partial charge in [-0.3, -0.25) is 0 Å². The molecule has 0 unspecified atom stereocenters. The summed E-state index contributed by atoms with van der Waals surface area (Å²) in [5.74, 6) is 0. The summed E-state index contributed by atoms with van der Waals surface area (Å²) in [6.45, 7) is 9.56. The Morgan fingerprint density at radius 1 is 0.198 bits per heavy atom. The van der Waals surface area contributed by atoms with Crippen molar-refractivity contribution < 1.29 is 0 Å². The molecule has 1 spiro atoms. The van der Waals surface area contributed by atoms with Crippen molar-refractivity contribution in [2.24, 2.45) is 0 Å². The minimum absolute atomic E-state index is 0.171. The highest BCUT2D eigenvalue weighted by Crippen LogP contribution is 2.64. The second kappa shape index (κ2) is 17.6. The Bertz CT molecular complexity index is 4270. The summed E-state index contributed by atoms with van der Waals surface area (Å²) in [6.07, 6.45) is 0. The number of rotatable bonds is 8. The Balaban J connectivity index is 0.910. The quantitative estimate of drug-likeness (QED) is 0.150. The molecule has 2 heteroatoms. The number of nitrogens with zero attached hydrogens (tertiary/aromatic N) is 2. The molecular formula is C79H58N2. The molecule has 0 bridgehead atoms. The molecule has 12 aromatic carbocycles. The molecule has 0 saturated carbocycles. The van der Waals surface area contributed by atoms with Crippen molar-refractivity contribution in [1.29, 1.82) is 0 Å². The molecule has 0 amide bonds. The zero-order valence-electron chi connectivity index (χ0n) is 46.0. The van der Waals surface area contributed by atoms with Gasteiger partial charge in [-0.25, -0.2) is 0 Å². The molecule has 0 fully saturated rings. The number of hydrogen-bond donors (Lipinski definition) is 0. The topological polar surface area (TPSA) is 6.48 Å². The molecule has 0 heterocycles. The first-order chi connectivity index (χ1) is 39.7. The predicted octanol–water partition coefficient (Wildman–Crippen LogP) is 20.9. The molecule has 0 aliphatic heterocycles. The van der Waals surface area contributed by atoms with Gasteiger partial charge in [0.05, 0.1) is 5.41 Å². The second-order valence-electron chi connectivity index (χ2n) is 23.6. The van der Waals surface area contributed by atoms with Gasteiger partial charge in [-0.15, -0.1) is 0 Å². The lowest BCUT2D eigenvalue weighted by Crippen LogP contribution is -2.26. The van der Waals surface area contributed by atoms with Crippen molar-refractivity contribution in [1.82, 2.24) is 0 Å². The van der Waals surface area contributed by atoms with Crippen LogP contribution in [0.2, 0.25) is 0 Å². The van der Waals surface area contributed by atoms with E-state index in [0.717, 1.165) is 34.1 Å². The predicted molar refractivity (Wildman–Crippen MR) is 338 cm³/mol. The lowest BCUT2D eigenvalue weighted by Gasteiger charge is -2.34. The summed E-state index contributed by atoms with van der Waals surface area (Å²) in [6, 6.07) is 105. The third-order valence-electron chi connectivity index (χ3n) is 18.7. The van der Waals surface area contributed by atoms with Crippen LogP contribution in [0.4, 0.5) is 34.1 Å². The average Bonchev–Trinajstić information content (AvgIpc) is 2.60. The first-order valence-electron chi connectivity index (χ1n) is 28.6. The summed E-state index contributed by atoms with van der Waals surface area (Å²) in [4.78, 5) is 5.00.